The second-order valence-corrected chi connectivity index (χ2v) is 8.62. The van der Waals surface area contributed by atoms with E-state index in [0.717, 1.165) is 16.1 Å². The zero-order valence-corrected chi connectivity index (χ0v) is 18.0. The molecule has 1 atom stereocenters. The quantitative estimate of drug-likeness (QED) is 0.697. The molecule has 156 valence electrons. The molecule has 0 aliphatic carbocycles. The van der Waals surface area contributed by atoms with E-state index in [9.17, 15) is 18.0 Å². The van der Waals surface area contributed by atoms with Crippen LogP contribution in [0.5, 0.6) is 0 Å². The molecule has 0 spiro atoms. The number of aryl methyl sites for hydroxylation is 1. The molecule has 2 rings (SSSR count). The largest absolute Gasteiger partial charge is 0.462 e. The monoisotopic (exact) mass is 418 g/mol. The van der Waals surface area contributed by atoms with E-state index < -0.39 is 27.9 Å². The van der Waals surface area contributed by atoms with Gasteiger partial charge in [-0.1, -0.05) is 23.8 Å². The minimum absolute atomic E-state index is 0.242. The summed E-state index contributed by atoms with van der Waals surface area (Å²) >= 11 is 0. The van der Waals surface area contributed by atoms with E-state index in [1.165, 1.54) is 6.92 Å². The first-order valence-corrected chi connectivity index (χ1v) is 11.0. The summed E-state index contributed by atoms with van der Waals surface area (Å²) in [6.45, 7) is 7.06. The summed E-state index contributed by atoms with van der Waals surface area (Å²) in [7, 11) is -3.71. The van der Waals surface area contributed by atoms with Crippen molar-refractivity contribution in [2.24, 2.45) is 0 Å². The van der Waals surface area contributed by atoms with E-state index in [2.05, 4.69) is 5.32 Å². The van der Waals surface area contributed by atoms with Crippen LogP contribution in [0.3, 0.4) is 0 Å². The Balaban J connectivity index is 2.32. The van der Waals surface area contributed by atoms with Gasteiger partial charge in [0.15, 0.2) is 0 Å². The van der Waals surface area contributed by atoms with Crippen molar-refractivity contribution in [3.63, 3.8) is 0 Å². The van der Waals surface area contributed by atoms with Crippen molar-refractivity contribution in [1.29, 1.82) is 0 Å². The lowest BCUT2D eigenvalue weighted by Gasteiger charge is -2.28. The van der Waals surface area contributed by atoms with Gasteiger partial charge in [0.2, 0.25) is 15.9 Å². The molecular weight excluding hydrogens is 392 g/mol. The summed E-state index contributed by atoms with van der Waals surface area (Å²) in [5.74, 6) is -0.994. The number of nitrogens with zero attached hydrogens (tertiary/aromatic N) is 1. The van der Waals surface area contributed by atoms with Crippen LogP contribution in [0.1, 0.15) is 35.3 Å². The predicted molar refractivity (Wildman–Crippen MR) is 114 cm³/mol. The predicted octanol–water partition coefficient (Wildman–Crippen LogP) is 3.27. The molecule has 1 amide bonds. The summed E-state index contributed by atoms with van der Waals surface area (Å²) in [4.78, 5) is 24.9. The first kappa shape index (κ1) is 22.4. The Bertz CT molecular complexity index is 1000. The van der Waals surface area contributed by atoms with Crippen LogP contribution in [-0.2, 0) is 19.6 Å². The van der Waals surface area contributed by atoms with Crippen LogP contribution in [0.25, 0.3) is 0 Å². The fourth-order valence-corrected chi connectivity index (χ4v) is 4.11. The standard InChI is InChI=1S/C21H26N2O5S/c1-6-28-21(25)18-8-7-9-19(15(18)3)22-20(24)16(4)23(29(5,26)27)17-12-10-14(2)11-13-17/h7-13,16H,6H2,1-5H3,(H,22,24)/t16-/m1/s1. The number of esters is 1. The third kappa shape index (κ3) is 5.35. The van der Waals surface area contributed by atoms with Gasteiger partial charge < -0.3 is 10.1 Å². The second kappa shape index (κ2) is 9.09. The lowest BCUT2D eigenvalue weighted by atomic mass is 10.1. The molecule has 0 saturated carbocycles. The van der Waals surface area contributed by atoms with Gasteiger partial charge in [-0.05, 0) is 57.5 Å². The fraction of sp³-hybridized carbons (Fsp3) is 0.333. The van der Waals surface area contributed by atoms with Crippen LogP contribution >= 0.6 is 0 Å². The highest BCUT2D eigenvalue weighted by Crippen LogP contribution is 2.24. The summed E-state index contributed by atoms with van der Waals surface area (Å²) in [5.41, 5.74) is 2.69. The average molecular weight is 419 g/mol. The van der Waals surface area contributed by atoms with Crippen LogP contribution in [0.4, 0.5) is 11.4 Å². The lowest BCUT2D eigenvalue weighted by molar-refractivity contribution is -0.116. The maximum Gasteiger partial charge on any atom is 0.338 e. The molecule has 0 aliphatic heterocycles. The molecule has 0 fully saturated rings. The van der Waals surface area contributed by atoms with Crippen molar-refractivity contribution in [3.8, 4) is 0 Å². The third-order valence-electron chi connectivity index (χ3n) is 4.46. The van der Waals surface area contributed by atoms with Gasteiger partial charge in [-0.2, -0.15) is 0 Å². The maximum absolute atomic E-state index is 12.9. The summed E-state index contributed by atoms with van der Waals surface area (Å²) in [5, 5.41) is 2.73. The van der Waals surface area contributed by atoms with Crippen molar-refractivity contribution in [1.82, 2.24) is 0 Å². The summed E-state index contributed by atoms with van der Waals surface area (Å²) < 4.78 is 30.9. The second-order valence-electron chi connectivity index (χ2n) is 6.76. The number of amides is 1. The Morgan fingerprint density at radius 1 is 1.10 bits per heavy atom. The highest BCUT2D eigenvalue weighted by Gasteiger charge is 2.29. The van der Waals surface area contributed by atoms with Crippen molar-refractivity contribution < 1.29 is 22.7 Å². The molecule has 7 nitrogen and oxygen atoms in total. The minimum atomic E-state index is -3.71. The molecule has 29 heavy (non-hydrogen) atoms. The van der Waals surface area contributed by atoms with E-state index in [-0.39, 0.29) is 6.61 Å². The maximum atomic E-state index is 12.9. The molecule has 8 heteroatoms. The normalized spacial score (nSPS) is 12.2. The van der Waals surface area contributed by atoms with Crippen molar-refractivity contribution >= 4 is 33.3 Å². The molecule has 0 radical (unpaired) electrons. The first-order valence-electron chi connectivity index (χ1n) is 9.20. The van der Waals surface area contributed by atoms with Crippen LogP contribution in [0, 0.1) is 13.8 Å². The number of hydrogen-bond donors (Lipinski definition) is 1. The Labute approximate surface area is 171 Å². The molecule has 0 aromatic heterocycles. The Morgan fingerprint density at radius 3 is 2.28 bits per heavy atom. The van der Waals surface area contributed by atoms with Crippen molar-refractivity contribution in [2.75, 3.05) is 22.5 Å². The van der Waals surface area contributed by atoms with Crippen LogP contribution < -0.4 is 9.62 Å². The number of anilines is 2. The Hall–Kier alpha value is -2.87. The van der Waals surface area contributed by atoms with Gasteiger partial charge in [0.25, 0.3) is 0 Å². The fourth-order valence-electron chi connectivity index (χ4n) is 2.94. The highest BCUT2D eigenvalue weighted by molar-refractivity contribution is 7.92. The van der Waals surface area contributed by atoms with Gasteiger partial charge in [0, 0.05) is 5.69 Å². The molecule has 0 bridgehead atoms. The van der Waals surface area contributed by atoms with Crippen LogP contribution in [-0.4, -0.2) is 39.2 Å². The zero-order valence-electron chi connectivity index (χ0n) is 17.2. The van der Waals surface area contributed by atoms with E-state index in [1.54, 1.807) is 56.3 Å². The number of hydrogen-bond acceptors (Lipinski definition) is 5. The smallest absolute Gasteiger partial charge is 0.338 e. The van der Waals surface area contributed by atoms with Crippen LogP contribution in [0.2, 0.25) is 0 Å². The van der Waals surface area contributed by atoms with E-state index in [4.69, 9.17) is 4.74 Å². The molecule has 0 aliphatic rings. The molecule has 1 N–H and O–H groups in total. The molecule has 0 unspecified atom stereocenters. The number of benzene rings is 2. The van der Waals surface area contributed by atoms with Gasteiger partial charge in [-0.3, -0.25) is 9.10 Å². The molecular formula is C21H26N2O5S. The van der Waals surface area contributed by atoms with Gasteiger partial charge in [0.05, 0.1) is 24.1 Å². The number of carbonyl (C=O) groups is 2. The van der Waals surface area contributed by atoms with Crippen LogP contribution in [0.15, 0.2) is 42.5 Å². The third-order valence-corrected chi connectivity index (χ3v) is 5.71. The number of nitrogens with one attached hydrogen (secondary N) is 1. The Morgan fingerprint density at radius 2 is 1.72 bits per heavy atom. The average Bonchev–Trinajstić information content (AvgIpc) is 2.64. The van der Waals surface area contributed by atoms with E-state index >= 15 is 0 Å². The number of sulfonamides is 1. The Kier molecular flexibility index (Phi) is 7.02. The van der Waals surface area contributed by atoms with E-state index in [0.29, 0.717) is 22.5 Å². The van der Waals surface area contributed by atoms with Gasteiger partial charge in [-0.15, -0.1) is 0 Å². The summed E-state index contributed by atoms with van der Waals surface area (Å²) in [6, 6.07) is 10.8. The molecule has 0 saturated heterocycles. The van der Waals surface area contributed by atoms with E-state index in [1.807, 2.05) is 6.92 Å². The van der Waals surface area contributed by atoms with Gasteiger partial charge in [-0.25, -0.2) is 13.2 Å². The number of carbonyl (C=O) groups excluding carboxylic acids is 2. The SMILES string of the molecule is CCOC(=O)c1cccc(NC(=O)[C@@H](C)N(c2ccc(C)cc2)S(C)(=O)=O)c1C. The first-order chi connectivity index (χ1) is 13.6. The van der Waals surface area contributed by atoms with Gasteiger partial charge in [0.1, 0.15) is 6.04 Å². The molecule has 2 aromatic carbocycles. The zero-order chi connectivity index (χ0) is 21.8. The number of rotatable bonds is 7. The van der Waals surface area contributed by atoms with Gasteiger partial charge >= 0.3 is 5.97 Å². The highest BCUT2D eigenvalue weighted by atomic mass is 32.2. The topological polar surface area (TPSA) is 92.8 Å². The summed E-state index contributed by atoms with van der Waals surface area (Å²) in [6.07, 6.45) is 1.06. The minimum Gasteiger partial charge on any atom is -0.462 e. The molecule has 0 heterocycles. The molecule has 2 aromatic rings. The van der Waals surface area contributed by atoms with Crippen molar-refractivity contribution in [2.45, 2.75) is 33.7 Å². The lowest BCUT2D eigenvalue weighted by Crippen LogP contribution is -2.45. The van der Waals surface area contributed by atoms with Crippen molar-refractivity contribution in [3.05, 3.63) is 59.2 Å². The number of ether oxygens (including phenoxy) is 1.